The Morgan fingerprint density at radius 1 is 1.39 bits per heavy atom. The molecule has 0 radical (unpaired) electrons. The van der Waals surface area contributed by atoms with Crippen molar-refractivity contribution >= 4 is 17.0 Å². The predicted molar refractivity (Wildman–Crippen MR) is 82.3 cm³/mol. The average Bonchev–Trinajstić information content (AvgIpc) is 2.87. The van der Waals surface area contributed by atoms with Crippen LogP contribution in [0.2, 0.25) is 0 Å². The number of nitrogens with zero attached hydrogens (tertiary/aromatic N) is 3. The molecule has 2 aromatic heterocycles. The number of carbonyl (C=O) groups is 1. The summed E-state index contributed by atoms with van der Waals surface area (Å²) in [5, 5.41) is 22.7. The van der Waals surface area contributed by atoms with Crippen LogP contribution in [0.15, 0.2) is 35.1 Å². The average molecular weight is 308 g/mol. The molecule has 7 nitrogen and oxygen atoms in total. The van der Waals surface area contributed by atoms with Gasteiger partial charge in [-0.1, -0.05) is 12.1 Å². The summed E-state index contributed by atoms with van der Waals surface area (Å²) in [4.78, 5) is 25.7. The molecular formula is C16H12N4O3. The van der Waals surface area contributed by atoms with E-state index in [0.29, 0.717) is 22.2 Å². The third-order valence-corrected chi connectivity index (χ3v) is 3.55. The monoisotopic (exact) mass is 308 g/mol. The highest BCUT2D eigenvalue weighted by Crippen LogP contribution is 2.20. The van der Waals surface area contributed by atoms with Gasteiger partial charge < -0.3 is 10.1 Å². The maximum absolute atomic E-state index is 11.7. The highest BCUT2D eigenvalue weighted by atomic mass is 16.4. The van der Waals surface area contributed by atoms with Crippen molar-refractivity contribution in [3.8, 4) is 6.07 Å². The van der Waals surface area contributed by atoms with Crippen molar-refractivity contribution in [3.63, 3.8) is 0 Å². The lowest BCUT2D eigenvalue weighted by Crippen LogP contribution is -2.09. The summed E-state index contributed by atoms with van der Waals surface area (Å²) >= 11 is 0. The zero-order valence-corrected chi connectivity index (χ0v) is 12.2. The van der Waals surface area contributed by atoms with Gasteiger partial charge in [0, 0.05) is 6.07 Å². The van der Waals surface area contributed by atoms with E-state index in [4.69, 9.17) is 5.26 Å². The number of pyridine rings is 1. The molecule has 0 saturated heterocycles. The SMILES string of the molecule is Cc1cc(=O)[nH]c2c1c(C(=O)O)nn2Cc1ccc(C#N)cc1. The van der Waals surface area contributed by atoms with Gasteiger partial charge in [0.25, 0.3) is 0 Å². The number of benzene rings is 1. The van der Waals surface area contributed by atoms with Crippen LogP contribution in [0.3, 0.4) is 0 Å². The highest BCUT2D eigenvalue weighted by Gasteiger charge is 2.19. The predicted octanol–water partition coefficient (Wildman–Crippen LogP) is 1.65. The second-order valence-corrected chi connectivity index (χ2v) is 5.16. The van der Waals surface area contributed by atoms with Gasteiger partial charge in [0.2, 0.25) is 5.56 Å². The van der Waals surface area contributed by atoms with Crippen molar-refractivity contribution in [3.05, 3.63) is 63.1 Å². The van der Waals surface area contributed by atoms with E-state index in [2.05, 4.69) is 10.1 Å². The summed E-state index contributed by atoms with van der Waals surface area (Å²) in [6, 6.07) is 10.3. The minimum atomic E-state index is -1.15. The van der Waals surface area contributed by atoms with Crippen LogP contribution in [-0.4, -0.2) is 25.8 Å². The first-order chi connectivity index (χ1) is 11.0. The minimum absolute atomic E-state index is 0.0950. The summed E-state index contributed by atoms with van der Waals surface area (Å²) in [5.74, 6) is -1.15. The molecule has 3 rings (SSSR count). The second-order valence-electron chi connectivity index (χ2n) is 5.16. The number of aromatic carboxylic acids is 1. The molecule has 0 unspecified atom stereocenters. The normalized spacial score (nSPS) is 10.6. The fourth-order valence-electron chi connectivity index (χ4n) is 2.51. The van der Waals surface area contributed by atoms with Crippen LogP contribution in [0.4, 0.5) is 0 Å². The molecule has 0 aliphatic carbocycles. The van der Waals surface area contributed by atoms with Gasteiger partial charge in [0.1, 0.15) is 5.65 Å². The van der Waals surface area contributed by atoms with Crippen LogP contribution in [0, 0.1) is 18.3 Å². The number of nitrogens with one attached hydrogen (secondary N) is 1. The molecule has 114 valence electrons. The first kappa shape index (κ1) is 14.5. The van der Waals surface area contributed by atoms with Gasteiger partial charge in [-0.05, 0) is 30.2 Å². The fourth-order valence-corrected chi connectivity index (χ4v) is 2.51. The number of carboxylic acid groups (broad SMARTS) is 1. The fraction of sp³-hybridized carbons (Fsp3) is 0.125. The number of nitriles is 1. The molecular weight excluding hydrogens is 296 g/mol. The van der Waals surface area contributed by atoms with Gasteiger partial charge in [0.15, 0.2) is 5.69 Å². The van der Waals surface area contributed by atoms with Crippen molar-refractivity contribution in [2.24, 2.45) is 0 Å². The molecule has 0 fully saturated rings. The van der Waals surface area contributed by atoms with Gasteiger partial charge in [-0.15, -0.1) is 0 Å². The van der Waals surface area contributed by atoms with Crippen LogP contribution < -0.4 is 5.56 Å². The van der Waals surface area contributed by atoms with Gasteiger partial charge in [-0.3, -0.25) is 4.79 Å². The van der Waals surface area contributed by atoms with Gasteiger partial charge in [-0.25, -0.2) is 9.48 Å². The molecule has 3 aromatic rings. The summed E-state index contributed by atoms with van der Waals surface area (Å²) in [7, 11) is 0. The van der Waals surface area contributed by atoms with Crippen LogP contribution in [0.5, 0.6) is 0 Å². The Balaban J connectivity index is 2.15. The van der Waals surface area contributed by atoms with E-state index in [-0.39, 0.29) is 17.8 Å². The summed E-state index contributed by atoms with van der Waals surface area (Å²) in [6.45, 7) is 1.96. The molecule has 0 atom stereocenters. The van der Waals surface area contributed by atoms with Crippen molar-refractivity contribution in [2.75, 3.05) is 0 Å². The first-order valence-corrected chi connectivity index (χ1v) is 6.82. The van der Waals surface area contributed by atoms with Crippen molar-refractivity contribution in [1.82, 2.24) is 14.8 Å². The van der Waals surface area contributed by atoms with E-state index in [0.717, 1.165) is 5.56 Å². The van der Waals surface area contributed by atoms with E-state index in [1.807, 2.05) is 6.07 Å². The molecule has 0 spiro atoms. The topological polar surface area (TPSA) is 112 Å². The standard InChI is InChI=1S/C16H12N4O3/c1-9-6-12(21)18-15-13(9)14(16(22)23)19-20(15)8-11-4-2-10(7-17)3-5-11/h2-6H,8H2,1H3,(H,18,21)(H,22,23). The van der Waals surface area contributed by atoms with Gasteiger partial charge in [0.05, 0.1) is 23.6 Å². The largest absolute Gasteiger partial charge is 0.476 e. The van der Waals surface area contributed by atoms with Crippen molar-refractivity contribution in [2.45, 2.75) is 13.5 Å². The van der Waals surface area contributed by atoms with Crippen LogP contribution in [0.25, 0.3) is 11.0 Å². The van der Waals surface area contributed by atoms with E-state index >= 15 is 0 Å². The Hall–Kier alpha value is -3.40. The number of hydrogen-bond acceptors (Lipinski definition) is 4. The molecule has 0 bridgehead atoms. The van der Waals surface area contributed by atoms with Crippen LogP contribution in [0.1, 0.15) is 27.2 Å². The molecule has 0 saturated carbocycles. The van der Waals surface area contributed by atoms with E-state index in [1.165, 1.54) is 10.7 Å². The number of aromatic amines is 1. The summed E-state index contributed by atoms with van der Waals surface area (Å²) < 4.78 is 1.45. The van der Waals surface area contributed by atoms with Crippen molar-refractivity contribution in [1.29, 1.82) is 5.26 Å². The number of aromatic nitrogens is 3. The minimum Gasteiger partial charge on any atom is -0.476 e. The number of aryl methyl sites for hydroxylation is 1. The third-order valence-electron chi connectivity index (χ3n) is 3.55. The highest BCUT2D eigenvalue weighted by molar-refractivity contribution is 6.01. The van der Waals surface area contributed by atoms with Crippen LogP contribution >= 0.6 is 0 Å². The lowest BCUT2D eigenvalue weighted by Gasteiger charge is -2.04. The maximum atomic E-state index is 11.7. The Kier molecular flexibility index (Phi) is 3.43. The molecule has 2 N–H and O–H groups in total. The van der Waals surface area contributed by atoms with Gasteiger partial charge in [-0.2, -0.15) is 10.4 Å². The molecule has 7 heteroatoms. The third kappa shape index (κ3) is 2.58. The molecule has 2 heterocycles. The Labute approximate surface area is 130 Å². The summed E-state index contributed by atoms with van der Waals surface area (Å²) in [5.41, 5.74) is 1.90. The lowest BCUT2D eigenvalue weighted by molar-refractivity contribution is 0.0691. The molecule has 0 aliphatic heterocycles. The van der Waals surface area contributed by atoms with E-state index in [9.17, 15) is 14.7 Å². The Morgan fingerprint density at radius 2 is 2.09 bits per heavy atom. The molecule has 1 aromatic carbocycles. The second kappa shape index (κ2) is 5.42. The number of carboxylic acids is 1. The number of hydrogen-bond donors (Lipinski definition) is 2. The Morgan fingerprint density at radius 3 is 2.70 bits per heavy atom. The van der Waals surface area contributed by atoms with Crippen LogP contribution in [-0.2, 0) is 6.54 Å². The first-order valence-electron chi connectivity index (χ1n) is 6.82. The maximum Gasteiger partial charge on any atom is 0.357 e. The lowest BCUT2D eigenvalue weighted by atomic mass is 10.1. The zero-order valence-electron chi connectivity index (χ0n) is 12.2. The molecule has 0 amide bonds. The van der Waals surface area contributed by atoms with E-state index in [1.54, 1.807) is 31.2 Å². The zero-order chi connectivity index (χ0) is 16.6. The molecule has 0 aliphatic rings. The number of H-pyrrole nitrogens is 1. The smallest absolute Gasteiger partial charge is 0.357 e. The van der Waals surface area contributed by atoms with Gasteiger partial charge >= 0.3 is 5.97 Å². The molecule has 23 heavy (non-hydrogen) atoms. The number of rotatable bonds is 3. The van der Waals surface area contributed by atoms with E-state index < -0.39 is 5.97 Å². The van der Waals surface area contributed by atoms with Crippen molar-refractivity contribution < 1.29 is 9.90 Å². The quantitative estimate of drug-likeness (QED) is 0.764. The summed E-state index contributed by atoms with van der Waals surface area (Å²) in [6.07, 6.45) is 0. The number of fused-ring (bicyclic) bond motifs is 1. The Bertz CT molecular complexity index is 1010.